The van der Waals surface area contributed by atoms with Crippen LogP contribution in [0.5, 0.6) is 0 Å². The number of nitrogens with one attached hydrogen (secondary N) is 2. The summed E-state index contributed by atoms with van der Waals surface area (Å²) in [5.74, 6) is 0.326. The van der Waals surface area contributed by atoms with Crippen LogP contribution in [-0.2, 0) is 4.79 Å². The normalized spacial score (nSPS) is 29.8. The number of carbonyl (C=O) groups excluding carboxylic acids is 1. The SMILES string of the molecule is CC(C)NC(C#N)CN1CCCC2C(=O)NCC21. The summed E-state index contributed by atoms with van der Waals surface area (Å²) < 4.78 is 0. The molecule has 2 saturated heterocycles. The molecule has 0 saturated carbocycles. The summed E-state index contributed by atoms with van der Waals surface area (Å²) in [5, 5.41) is 15.4. The number of hydrogen-bond acceptors (Lipinski definition) is 4. The standard InChI is InChI=1S/C13H22N4O/c1-9(2)16-10(6-14)8-17-5-3-4-11-12(17)7-15-13(11)18/h9-12,16H,3-5,7-8H2,1-2H3,(H,15,18). The van der Waals surface area contributed by atoms with Crippen molar-refractivity contribution in [2.45, 2.75) is 44.8 Å². The highest BCUT2D eigenvalue weighted by molar-refractivity contribution is 5.82. The molecule has 0 bridgehead atoms. The number of fused-ring (bicyclic) bond motifs is 1. The summed E-state index contributed by atoms with van der Waals surface area (Å²) >= 11 is 0. The second-order valence-electron chi connectivity index (χ2n) is 5.56. The molecule has 1 amide bonds. The molecule has 2 fully saturated rings. The minimum absolute atomic E-state index is 0.136. The molecule has 2 N–H and O–H groups in total. The van der Waals surface area contributed by atoms with Crippen LogP contribution in [0.15, 0.2) is 0 Å². The molecular weight excluding hydrogens is 228 g/mol. The zero-order valence-corrected chi connectivity index (χ0v) is 11.1. The van der Waals surface area contributed by atoms with Gasteiger partial charge in [0, 0.05) is 25.2 Å². The van der Waals surface area contributed by atoms with Gasteiger partial charge in [0.1, 0.15) is 6.04 Å². The zero-order chi connectivity index (χ0) is 13.1. The van der Waals surface area contributed by atoms with Gasteiger partial charge in [-0.1, -0.05) is 0 Å². The molecule has 2 heterocycles. The van der Waals surface area contributed by atoms with E-state index in [4.69, 9.17) is 0 Å². The summed E-state index contributed by atoms with van der Waals surface area (Å²) in [4.78, 5) is 14.0. The maximum Gasteiger partial charge on any atom is 0.224 e. The molecule has 2 rings (SSSR count). The van der Waals surface area contributed by atoms with Crippen LogP contribution in [0.4, 0.5) is 0 Å². The first-order chi connectivity index (χ1) is 8.61. The van der Waals surface area contributed by atoms with Crippen LogP contribution >= 0.6 is 0 Å². The molecule has 0 spiro atoms. The molecule has 0 aromatic rings. The summed E-state index contributed by atoms with van der Waals surface area (Å²) in [7, 11) is 0. The number of amides is 1. The van der Waals surface area contributed by atoms with E-state index in [0.29, 0.717) is 12.6 Å². The Kier molecular flexibility index (Phi) is 4.20. The average molecular weight is 250 g/mol. The quantitative estimate of drug-likeness (QED) is 0.742. The molecule has 5 nitrogen and oxygen atoms in total. The van der Waals surface area contributed by atoms with Crippen molar-refractivity contribution in [3.8, 4) is 6.07 Å². The van der Waals surface area contributed by atoms with Crippen molar-refractivity contribution in [2.75, 3.05) is 19.6 Å². The lowest BCUT2D eigenvalue weighted by atomic mass is 9.91. The van der Waals surface area contributed by atoms with Crippen LogP contribution in [0.3, 0.4) is 0 Å². The molecule has 0 aliphatic carbocycles. The molecule has 0 aromatic carbocycles. The van der Waals surface area contributed by atoms with Crippen molar-refractivity contribution in [1.82, 2.24) is 15.5 Å². The van der Waals surface area contributed by atoms with E-state index in [1.807, 2.05) is 13.8 Å². The van der Waals surface area contributed by atoms with Gasteiger partial charge in [-0.3, -0.25) is 15.0 Å². The van der Waals surface area contributed by atoms with E-state index in [1.165, 1.54) is 0 Å². The molecule has 2 aliphatic heterocycles. The van der Waals surface area contributed by atoms with Crippen molar-refractivity contribution in [3.63, 3.8) is 0 Å². The van der Waals surface area contributed by atoms with Crippen LogP contribution in [0.1, 0.15) is 26.7 Å². The largest absolute Gasteiger partial charge is 0.354 e. The Morgan fingerprint density at radius 2 is 2.39 bits per heavy atom. The van der Waals surface area contributed by atoms with E-state index in [-0.39, 0.29) is 23.9 Å². The highest BCUT2D eigenvalue weighted by atomic mass is 16.2. The first kappa shape index (κ1) is 13.3. The number of carbonyl (C=O) groups is 1. The maximum atomic E-state index is 11.7. The predicted octanol–water partition coefficient (Wildman–Crippen LogP) is 0.0870. The van der Waals surface area contributed by atoms with Crippen LogP contribution in [0.2, 0.25) is 0 Å². The third kappa shape index (κ3) is 2.82. The Bertz CT molecular complexity index is 349. The number of piperidine rings is 1. The van der Waals surface area contributed by atoms with Crippen LogP contribution in [-0.4, -0.2) is 48.6 Å². The maximum absolute atomic E-state index is 11.7. The summed E-state index contributed by atoms with van der Waals surface area (Å²) in [5.41, 5.74) is 0. The van der Waals surface area contributed by atoms with Gasteiger partial charge in [0.25, 0.3) is 0 Å². The molecule has 3 unspecified atom stereocenters. The van der Waals surface area contributed by atoms with Gasteiger partial charge in [-0.15, -0.1) is 0 Å². The Balaban J connectivity index is 1.96. The van der Waals surface area contributed by atoms with Crippen molar-refractivity contribution in [1.29, 1.82) is 5.26 Å². The third-order valence-electron chi connectivity index (χ3n) is 3.82. The lowest BCUT2D eigenvalue weighted by Gasteiger charge is -2.37. The smallest absolute Gasteiger partial charge is 0.224 e. The Morgan fingerprint density at radius 3 is 3.06 bits per heavy atom. The van der Waals surface area contributed by atoms with Crippen LogP contribution in [0, 0.1) is 17.2 Å². The lowest BCUT2D eigenvalue weighted by Crippen LogP contribution is -2.51. The van der Waals surface area contributed by atoms with Gasteiger partial charge >= 0.3 is 0 Å². The van der Waals surface area contributed by atoms with E-state index in [2.05, 4.69) is 21.6 Å². The Hall–Kier alpha value is -1.12. The van der Waals surface area contributed by atoms with E-state index in [1.54, 1.807) is 0 Å². The van der Waals surface area contributed by atoms with E-state index in [9.17, 15) is 10.1 Å². The van der Waals surface area contributed by atoms with Gasteiger partial charge in [0.2, 0.25) is 5.91 Å². The summed E-state index contributed by atoms with van der Waals surface area (Å²) in [6.45, 7) is 6.54. The van der Waals surface area contributed by atoms with E-state index >= 15 is 0 Å². The van der Waals surface area contributed by atoms with Gasteiger partial charge < -0.3 is 5.32 Å². The number of hydrogen-bond donors (Lipinski definition) is 2. The minimum atomic E-state index is -0.153. The monoisotopic (exact) mass is 250 g/mol. The van der Waals surface area contributed by atoms with Crippen molar-refractivity contribution < 1.29 is 4.79 Å². The Morgan fingerprint density at radius 1 is 1.61 bits per heavy atom. The van der Waals surface area contributed by atoms with Gasteiger partial charge in [-0.25, -0.2) is 0 Å². The topological polar surface area (TPSA) is 68.2 Å². The lowest BCUT2D eigenvalue weighted by molar-refractivity contribution is -0.124. The second-order valence-corrected chi connectivity index (χ2v) is 5.56. The molecule has 100 valence electrons. The van der Waals surface area contributed by atoms with Crippen molar-refractivity contribution in [2.24, 2.45) is 5.92 Å². The Labute approximate surface area is 109 Å². The predicted molar refractivity (Wildman–Crippen MR) is 68.8 cm³/mol. The highest BCUT2D eigenvalue weighted by Crippen LogP contribution is 2.27. The minimum Gasteiger partial charge on any atom is -0.354 e. The second kappa shape index (κ2) is 5.68. The fourth-order valence-electron chi connectivity index (χ4n) is 3.03. The fraction of sp³-hybridized carbons (Fsp3) is 0.846. The highest BCUT2D eigenvalue weighted by Gasteiger charge is 2.41. The van der Waals surface area contributed by atoms with Crippen LogP contribution in [0.25, 0.3) is 0 Å². The zero-order valence-electron chi connectivity index (χ0n) is 11.1. The van der Waals surface area contributed by atoms with Crippen molar-refractivity contribution in [3.05, 3.63) is 0 Å². The van der Waals surface area contributed by atoms with Gasteiger partial charge in [-0.05, 0) is 33.2 Å². The summed E-state index contributed by atoms with van der Waals surface area (Å²) in [6, 6.07) is 2.75. The molecule has 0 radical (unpaired) electrons. The van der Waals surface area contributed by atoms with Gasteiger partial charge in [0.05, 0.1) is 12.0 Å². The van der Waals surface area contributed by atoms with E-state index in [0.717, 1.165) is 25.9 Å². The summed E-state index contributed by atoms with van der Waals surface area (Å²) in [6.07, 6.45) is 2.04. The molecule has 3 atom stereocenters. The van der Waals surface area contributed by atoms with Gasteiger partial charge in [-0.2, -0.15) is 5.26 Å². The molecular formula is C13H22N4O. The average Bonchev–Trinajstić information content (AvgIpc) is 2.71. The first-order valence-electron chi connectivity index (χ1n) is 6.79. The van der Waals surface area contributed by atoms with E-state index < -0.39 is 0 Å². The number of likely N-dealkylation sites (tertiary alicyclic amines) is 1. The van der Waals surface area contributed by atoms with Crippen LogP contribution < -0.4 is 10.6 Å². The number of nitrogens with zero attached hydrogens (tertiary/aromatic N) is 2. The van der Waals surface area contributed by atoms with Crippen molar-refractivity contribution >= 4 is 5.91 Å². The molecule has 5 heteroatoms. The molecule has 0 aromatic heterocycles. The molecule has 2 aliphatic rings. The first-order valence-corrected chi connectivity index (χ1v) is 6.79. The number of nitriles is 1. The number of rotatable bonds is 4. The third-order valence-corrected chi connectivity index (χ3v) is 3.82. The van der Waals surface area contributed by atoms with Gasteiger partial charge in [0.15, 0.2) is 0 Å². The molecule has 18 heavy (non-hydrogen) atoms. The fourth-order valence-corrected chi connectivity index (χ4v) is 3.03.